The van der Waals surface area contributed by atoms with Gasteiger partial charge < -0.3 is 10.1 Å². The SMILES string of the molecule is C[C@@H](NC(=O)COC(=O)c1ccc(S(=O)(=O)N2CCCCCC2)cc1)c1ccc(F)cc1. The van der Waals surface area contributed by atoms with Gasteiger partial charge in [0.2, 0.25) is 10.0 Å². The average molecular weight is 463 g/mol. The van der Waals surface area contributed by atoms with Gasteiger partial charge in [-0.3, -0.25) is 4.79 Å². The van der Waals surface area contributed by atoms with Crippen LogP contribution in [0.15, 0.2) is 53.4 Å². The summed E-state index contributed by atoms with van der Waals surface area (Å²) in [6.45, 7) is 2.24. The van der Waals surface area contributed by atoms with Crippen molar-refractivity contribution in [1.29, 1.82) is 0 Å². The zero-order chi connectivity index (χ0) is 23.1. The molecule has 0 radical (unpaired) electrons. The van der Waals surface area contributed by atoms with Crippen LogP contribution in [-0.4, -0.2) is 44.3 Å². The lowest BCUT2D eigenvalue weighted by molar-refractivity contribution is -0.124. The van der Waals surface area contributed by atoms with Crippen LogP contribution in [0, 0.1) is 5.82 Å². The summed E-state index contributed by atoms with van der Waals surface area (Å²) >= 11 is 0. The highest BCUT2D eigenvalue weighted by molar-refractivity contribution is 7.89. The minimum atomic E-state index is -3.60. The van der Waals surface area contributed by atoms with Gasteiger partial charge >= 0.3 is 5.97 Å². The van der Waals surface area contributed by atoms with Crippen LogP contribution in [0.4, 0.5) is 4.39 Å². The van der Waals surface area contributed by atoms with Crippen LogP contribution in [0.25, 0.3) is 0 Å². The van der Waals surface area contributed by atoms with E-state index in [4.69, 9.17) is 4.74 Å². The van der Waals surface area contributed by atoms with Gasteiger partial charge in [0.05, 0.1) is 16.5 Å². The molecule has 0 saturated carbocycles. The number of ether oxygens (including phenoxy) is 1. The minimum absolute atomic E-state index is 0.127. The number of esters is 1. The first-order chi connectivity index (χ1) is 15.3. The lowest BCUT2D eigenvalue weighted by atomic mass is 10.1. The van der Waals surface area contributed by atoms with Crippen LogP contribution in [0.5, 0.6) is 0 Å². The molecule has 9 heteroatoms. The summed E-state index contributed by atoms with van der Waals surface area (Å²) < 4.78 is 45.1. The third-order valence-electron chi connectivity index (χ3n) is 5.37. The number of hydrogen-bond donors (Lipinski definition) is 1. The van der Waals surface area contributed by atoms with Gasteiger partial charge in [-0.2, -0.15) is 4.31 Å². The summed E-state index contributed by atoms with van der Waals surface area (Å²) in [5.74, 6) is -1.60. The van der Waals surface area contributed by atoms with Gasteiger partial charge in [-0.15, -0.1) is 0 Å². The van der Waals surface area contributed by atoms with E-state index in [1.165, 1.54) is 40.7 Å². The second-order valence-corrected chi connectivity index (χ2v) is 9.70. The zero-order valence-electron chi connectivity index (χ0n) is 17.9. The minimum Gasteiger partial charge on any atom is -0.452 e. The van der Waals surface area contributed by atoms with Crippen molar-refractivity contribution in [3.8, 4) is 0 Å². The molecule has 1 aliphatic rings. The molecule has 1 fully saturated rings. The van der Waals surface area contributed by atoms with E-state index in [1.54, 1.807) is 19.1 Å². The normalized spacial score (nSPS) is 16.1. The number of carbonyl (C=O) groups excluding carboxylic acids is 2. The Labute approximate surface area is 187 Å². The molecule has 0 aliphatic carbocycles. The molecule has 3 rings (SSSR count). The van der Waals surface area contributed by atoms with Crippen LogP contribution >= 0.6 is 0 Å². The number of amides is 1. The number of nitrogens with one attached hydrogen (secondary N) is 1. The smallest absolute Gasteiger partial charge is 0.338 e. The molecule has 1 aliphatic heterocycles. The number of rotatable bonds is 7. The van der Waals surface area contributed by atoms with E-state index in [0.717, 1.165) is 25.7 Å². The van der Waals surface area contributed by atoms with Gasteiger partial charge in [0.25, 0.3) is 5.91 Å². The molecule has 1 amide bonds. The summed E-state index contributed by atoms with van der Waals surface area (Å²) in [6, 6.07) is 10.9. The van der Waals surface area contributed by atoms with Gasteiger partial charge in [-0.05, 0) is 61.7 Å². The molecule has 1 N–H and O–H groups in total. The summed E-state index contributed by atoms with van der Waals surface area (Å²) in [5.41, 5.74) is 0.867. The van der Waals surface area contributed by atoms with Gasteiger partial charge in [0, 0.05) is 13.1 Å². The number of sulfonamides is 1. The van der Waals surface area contributed by atoms with Crippen LogP contribution in [0.2, 0.25) is 0 Å². The highest BCUT2D eigenvalue weighted by Gasteiger charge is 2.25. The standard InChI is InChI=1S/C23H27FN2O5S/c1-17(18-6-10-20(24)11-7-18)25-22(27)16-31-23(28)19-8-12-21(13-9-19)32(29,30)26-14-4-2-3-5-15-26/h6-13,17H,2-5,14-16H2,1H3,(H,25,27)/t17-/m1/s1. The van der Waals surface area contributed by atoms with Crippen LogP contribution in [0.1, 0.15) is 54.6 Å². The third kappa shape index (κ3) is 6.14. The molecule has 7 nitrogen and oxygen atoms in total. The van der Waals surface area contributed by atoms with Gasteiger partial charge in [-0.25, -0.2) is 17.6 Å². The predicted molar refractivity (Wildman–Crippen MR) is 117 cm³/mol. The Morgan fingerprint density at radius 1 is 1.00 bits per heavy atom. The molecule has 2 aromatic rings. The fraction of sp³-hybridized carbons (Fsp3) is 0.391. The van der Waals surface area contributed by atoms with Crippen molar-refractivity contribution >= 4 is 21.9 Å². The van der Waals surface area contributed by atoms with E-state index >= 15 is 0 Å². The lowest BCUT2D eigenvalue weighted by Crippen LogP contribution is -2.32. The second kappa shape index (κ2) is 10.7. The van der Waals surface area contributed by atoms with E-state index < -0.39 is 28.5 Å². The summed E-state index contributed by atoms with van der Waals surface area (Å²) in [7, 11) is -3.60. The van der Waals surface area contributed by atoms with E-state index in [1.807, 2.05) is 0 Å². The first-order valence-corrected chi connectivity index (χ1v) is 12.0. The summed E-state index contributed by atoms with van der Waals surface area (Å²) in [4.78, 5) is 24.4. The van der Waals surface area contributed by atoms with Crippen LogP contribution < -0.4 is 5.32 Å². The number of carbonyl (C=O) groups is 2. The Bertz CT molecular complexity index is 1030. The molecule has 0 unspecified atom stereocenters. The quantitative estimate of drug-likeness (QED) is 0.637. The van der Waals surface area contributed by atoms with Gasteiger partial charge in [0.15, 0.2) is 6.61 Å². The van der Waals surface area contributed by atoms with E-state index in [2.05, 4.69) is 5.32 Å². The molecular weight excluding hydrogens is 435 g/mol. The number of hydrogen-bond acceptors (Lipinski definition) is 5. The van der Waals surface area contributed by atoms with Crippen molar-refractivity contribution in [3.63, 3.8) is 0 Å². The Morgan fingerprint density at radius 2 is 1.59 bits per heavy atom. The maximum atomic E-state index is 13.0. The summed E-state index contributed by atoms with van der Waals surface area (Å²) in [5, 5.41) is 2.67. The monoisotopic (exact) mass is 462 g/mol. The topological polar surface area (TPSA) is 92.8 Å². The van der Waals surface area contributed by atoms with Crippen molar-refractivity contribution in [2.75, 3.05) is 19.7 Å². The van der Waals surface area contributed by atoms with Gasteiger partial charge in [-0.1, -0.05) is 25.0 Å². The van der Waals surface area contributed by atoms with Gasteiger partial charge in [0.1, 0.15) is 5.82 Å². The maximum absolute atomic E-state index is 13.0. The van der Waals surface area contributed by atoms with Crippen LogP contribution in [0.3, 0.4) is 0 Å². The molecule has 1 heterocycles. The van der Waals surface area contributed by atoms with Crippen molar-refractivity contribution in [2.45, 2.75) is 43.5 Å². The Balaban J connectivity index is 1.54. The molecule has 172 valence electrons. The lowest BCUT2D eigenvalue weighted by Gasteiger charge is -2.20. The first kappa shape index (κ1) is 23.9. The second-order valence-electron chi connectivity index (χ2n) is 7.76. The molecule has 0 spiro atoms. The van der Waals surface area contributed by atoms with E-state index in [9.17, 15) is 22.4 Å². The molecule has 0 aromatic heterocycles. The predicted octanol–water partition coefficient (Wildman–Crippen LogP) is 3.42. The Kier molecular flexibility index (Phi) is 7.98. The largest absolute Gasteiger partial charge is 0.452 e. The Morgan fingerprint density at radius 3 is 2.19 bits per heavy atom. The molecule has 1 saturated heterocycles. The fourth-order valence-corrected chi connectivity index (χ4v) is 5.04. The molecule has 2 aromatic carbocycles. The molecule has 0 bridgehead atoms. The van der Waals surface area contributed by atoms with Crippen molar-refractivity contribution in [2.24, 2.45) is 0 Å². The summed E-state index contributed by atoms with van der Waals surface area (Å²) in [6.07, 6.45) is 3.72. The Hall–Kier alpha value is -2.78. The highest BCUT2D eigenvalue weighted by atomic mass is 32.2. The average Bonchev–Trinajstić information content (AvgIpc) is 3.08. The maximum Gasteiger partial charge on any atom is 0.338 e. The van der Waals surface area contributed by atoms with E-state index in [0.29, 0.717) is 18.7 Å². The van der Waals surface area contributed by atoms with Crippen molar-refractivity contribution in [3.05, 3.63) is 65.5 Å². The highest BCUT2D eigenvalue weighted by Crippen LogP contribution is 2.21. The molecular formula is C23H27FN2O5S. The third-order valence-corrected chi connectivity index (χ3v) is 7.29. The molecule has 32 heavy (non-hydrogen) atoms. The van der Waals surface area contributed by atoms with Crippen LogP contribution in [-0.2, 0) is 19.6 Å². The fourth-order valence-electron chi connectivity index (χ4n) is 3.53. The van der Waals surface area contributed by atoms with Crippen molar-refractivity contribution < 1.29 is 27.1 Å². The number of halogens is 1. The zero-order valence-corrected chi connectivity index (χ0v) is 18.7. The van der Waals surface area contributed by atoms with Crippen molar-refractivity contribution in [1.82, 2.24) is 9.62 Å². The first-order valence-electron chi connectivity index (χ1n) is 10.6. The molecule has 1 atom stereocenters. The van der Waals surface area contributed by atoms with E-state index in [-0.39, 0.29) is 22.3 Å². The number of benzene rings is 2. The number of nitrogens with zero attached hydrogens (tertiary/aromatic N) is 1.